The van der Waals surface area contributed by atoms with Crippen molar-refractivity contribution in [2.75, 3.05) is 18.8 Å². The summed E-state index contributed by atoms with van der Waals surface area (Å²) >= 11 is 6.11. The molecule has 35 heavy (non-hydrogen) atoms. The first-order valence-electron chi connectivity index (χ1n) is 10.8. The van der Waals surface area contributed by atoms with Crippen LogP contribution in [-0.2, 0) is 11.8 Å². The molecule has 8 nitrogen and oxygen atoms in total. The van der Waals surface area contributed by atoms with Crippen LogP contribution in [0.25, 0.3) is 22.2 Å². The summed E-state index contributed by atoms with van der Waals surface area (Å²) in [5, 5.41) is 0.448. The number of piperidine rings is 1. The minimum atomic E-state index is -3.86. The maximum absolute atomic E-state index is 14.0. The molecule has 1 saturated heterocycles. The summed E-state index contributed by atoms with van der Waals surface area (Å²) in [6.45, 7) is 4.82. The van der Waals surface area contributed by atoms with E-state index in [1.165, 1.54) is 18.5 Å². The number of likely N-dealkylation sites (tertiary alicyclic amines) is 1. The minimum absolute atomic E-state index is 0.0116. The number of carbonyl (C=O) groups excluding carboxylic acids is 1. The largest absolute Gasteiger partial charge is 0.586 e. The highest BCUT2D eigenvalue weighted by atomic mass is 35.5. The summed E-state index contributed by atoms with van der Waals surface area (Å²) in [5.74, 6) is 6.87. The number of ether oxygens (including phenoxy) is 2. The van der Waals surface area contributed by atoms with Crippen molar-refractivity contribution in [2.24, 2.45) is 24.8 Å². The zero-order chi connectivity index (χ0) is 24.6. The second kappa shape index (κ2) is 7.33. The minimum Gasteiger partial charge on any atom is -0.395 e. The summed E-state index contributed by atoms with van der Waals surface area (Å²) in [5.41, 5.74) is 7.95. The highest BCUT2D eigenvalue weighted by Crippen LogP contribution is 2.54. The molecule has 1 aromatic carbocycles. The van der Waals surface area contributed by atoms with Crippen molar-refractivity contribution < 1.29 is 23.0 Å². The van der Waals surface area contributed by atoms with Crippen LogP contribution in [0.4, 0.5) is 14.6 Å². The van der Waals surface area contributed by atoms with Gasteiger partial charge in [0.15, 0.2) is 11.5 Å². The van der Waals surface area contributed by atoms with Gasteiger partial charge in [0.05, 0.1) is 10.4 Å². The van der Waals surface area contributed by atoms with Crippen molar-refractivity contribution in [1.82, 2.24) is 19.4 Å². The van der Waals surface area contributed by atoms with E-state index in [1.807, 2.05) is 0 Å². The Kier molecular flexibility index (Phi) is 4.54. The first-order valence-corrected chi connectivity index (χ1v) is 11.2. The number of fused-ring (bicyclic) bond motifs is 3. The second-order valence-corrected chi connectivity index (χ2v) is 9.14. The third-order valence-corrected chi connectivity index (χ3v) is 7.11. The Morgan fingerprint density at radius 3 is 2.71 bits per heavy atom. The number of carbonyl (C=O) groups is 1. The number of rotatable bonds is 2. The van der Waals surface area contributed by atoms with Gasteiger partial charge in [0, 0.05) is 37.2 Å². The van der Waals surface area contributed by atoms with Crippen LogP contribution < -0.4 is 15.2 Å². The monoisotopic (exact) mass is 497 g/mol. The zero-order valence-electron chi connectivity index (χ0n) is 18.4. The first kappa shape index (κ1) is 21.7. The number of alkyl halides is 2. The number of hydrogen-bond acceptors (Lipinski definition) is 6. The van der Waals surface area contributed by atoms with Crippen LogP contribution in [0.2, 0.25) is 5.02 Å². The van der Waals surface area contributed by atoms with E-state index in [0.29, 0.717) is 47.2 Å². The number of anilines is 1. The number of aryl methyl sites for hydroxylation is 1. The van der Waals surface area contributed by atoms with Gasteiger partial charge in [0.1, 0.15) is 23.5 Å². The molecular formula is C24H18ClF2N5O3. The maximum Gasteiger partial charge on any atom is 0.586 e. The normalized spacial score (nSPS) is 23.1. The average Bonchev–Trinajstić information content (AvgIpc) is 3.12. The van der Waals surface area contributed by atoms with E-state index in [1.54, 1.807) is 22.6 Å². The molecule has 2 aromatic heterocycles. The molecule has 4 heterocycles. The maximum atomic E-state index is 14.0. The van der Waals surface area contributed by atoms with E-state index < -0.39 is 6.29 Å². The molecule has 1 saturated carbocycles. The summed E-state index contributed by atoms with van der Waals surface area (Å²) in [6.07, 6.45) is -1.21. The fourth-order valence-electron chi connectivity index (χ4n) is 5.08. The number of aromatic nitrogens is 3. The molecule has 3 aliphatic rings. The first-order chi connectivity index (χ1) is 16.7. The number of nitrogens with two attached hydrogens (primary N) is 1. The fourth-order valence-corrected chi connectivity index (χ4v) is 5.26. The van der Waals surface area contributed by atoms with Crippen LogP contribution in [-0.4, -0.2) is 44.7 Å². The van der Waals surface area contributed by atoms with Gasteiger partial charge < -0.3 is 24.7 Å². The Hall–Kier alpha value is -3.84. The molecule has 6 rings (SSSR count). The lowest BCUT2D eigenvalue weighted by Gasteiger charge is -2.16. The van der Waals surface area contributed by atoms with Crippen molar-refractivity contribution in [3.05, 3.63) is 41.8 Å². The van der Waals surface area contributed by atoms with Gasteiger partial charge in [0.2, 0.25) is 5.91 Å². The predicted octanol–water partition coefficient (Wildman–Crippen LogP) is 3.43. The molecule has 11 heteroatoms. The van der Waals surface area contributed by atoms with Crippen molar-refractivity contribution in [2.45, 2.75) is 6.29 Å². The molecule has 0 bridgehead atoms. The van der Waals surface area contributed by atoms with E-state index in [2.05, 4.69) is 33.1 Å². The van der Waals surface area contributed by atoms with Crippen LogP contribution in [0.5, 0.6) is 11.5 Å². The van der Waals surface area contributed by atoms with Gasteiger partial charge in [-0.3, -0.25) is 4.79 Å². The fraction of sp³-hybridized carbons (Fsp3) is 0.292. The highest BCUT2D eigenvalue weighted by Gasteiger charge is 2.55. The molecule has 1 amide bonds. The number of amides is 1. The summed E-state index contributed by atoms with van der Waals surface area (Å²) in [6, 6.07) is 3.01. The van der Waals surface area contributed by atoms with Crippen molar-refractivity contribution >= 4 is 34.4 Å². The lowest BCUT2D eigenvalue weighted by atomic mass is 10.0. The SMILES string of the molecule is C=CC(=O)N1C[C@@H]2C(C#Cc3c(-c4ccc(Cl)c5c4OC(F)(F)O5)c4c(N)ncnc4n3C)[C@@H]2C1. The van der Waals surface area contributed by atoms with Gasteiger partial charge in [-0.25, -0.2) is 9.97 Å². The Labute approximate surface area is 203 Å². The lowest BCUT2D eigenvalue weighted by Crippen LogP contribution is -2.29. The van der Waals surface area contributed by atoms with E-state index in [-0.39, 0.29) is 39.7 Å². The van der Waals surface area contributed by atoms with Crippen molar-refractivity contribution in [1.29, 1.82) is 0 Å². The van der Waals surface area contributed by atoms with Crippen molar-refractivity contribution in [3.63, 3.8) is 0 Å². The van der Waals surface area contributed by atoms with E-state index in [4.69, 9.17) is 22.1 Å². The smallest absolute Gasteiger partial charge is 0.395 e. The number of halogens is 3. The Balaban J connectivity index is 1.47. The summed E-state index contributed by atoms with van der Waals surface area (Å²) < 4.78 is 39.2. The molecule has 1 unspecified atom stereocenters. The lowest BCUT2D eigenvalue weighted by molar-refractivity contribution is -0.286. The van der Waals surface area contributed by atoms with Gasteiger partial charge in [-0.05, 0) is 36.0 Å². The molecule has 178 valence electrons. The van der Waals surface area contributed by atoms with Crippen LogP contribution in [0.3, 0.4) is 0 Å². The van der Waals surface area contributed by atoms with Crippen LogP contribution >= 0.6 is 11.6 Å². The Morgan fingerprint density at radius 2 is 2.00 bits per heavy atom. The molecule has 2 fully saturated rings. The Morgan fingerprint density at radius 1 is 1.29 bits per heavy atom. The average molecular weight is 498 g/mol. The molecule has 1 aliphatic carbocycles. The van der Waals surface area contributed by atoms with Crippen LogP contribution in [0.15, 0.2) is 31.1 Å². The molecule has 2 aliphatic heterocycles. The van der Waals surface area contributed by atoms with E-state index in [0.717, 1.165) is 0 Å². The van der Waals surface area contributed by atoms with Gasteiger partial charge >= 0.3 is 6.29 Å². The quantitative estimate of drug-likeness (QED) is 0.430. The molecule has 2 N–H and O–H groups in total. The van der Waals surface area contributed by atoms with Crippen LogP contribution in [0, 0.1) is 29.6 Å². The predicted molar refractivity (Wildman–Crippen MR) is 124 cm³/mol. The zero-order valence-corrected chi connectivity index (χ0v) is 19.1. The number of hydrogen-bond donors (Lipinski definition) is 1. The van der Waals surface area contributed by atoms with Gasteiger partial charge in [-0.1, -0.05) is 24.1 Å². The van der Waals surface area contributed by atoms with Crippen LogP contribution in [0.1, 0.15) is 5.69 Å². The molecule has 0 radical (unpaired) electrons. The summed E-state index contributed by atoms with van der Waals surface area (Å²) in [4.78, 5) is 22.1. The van der Waals surface area contributed by atoms with E-state index in [9.17, 15) is 13.6 Å². The number of nitrogens with zero attached hydrogens (tertiary/aromatic N) is 4. The molecule has 3 aromatic rings. The third-order valence-electron chi connectivity index (χ3n) is 6.81. The Bertz CT molecular complexity index is 1500. The van der Waals surface area contributed by atoms with E-state index >= 15 is 0 Å². The second-order valence-electron chi connectivity index (χ2n) is 8.73. The van der Waals surface area contributed by atoms with Gasteiger partial charge in [-0.15, -0.1) is 8.78 Å². The highest BCUT2D eigenvalue weighted by molar-refractivity contribution is 6.32. The standard InChI is InChI=1S/C24H18ClF2N5O3/c1-3-17(33)32-8-13-11(14(13)9-32)5-7-16-18(19-22(28)29-10-30-23(19)31(16)2)12-4-6-15(25)21-20(12)34-24(26,27)35-21/h3-4,6,10-11,13-14H,1,8-9H2,2H3,(H2,28,29,30)/t11?,13-,14+. The molecule has 0 spiro atoms. The topological polar surface area (TPSA) is 95.5 Å². The van der Waals surface area contributed by atoms with Gasteiger partial charge in [0.25, 0.3) is 0 Å². The number of nitrogen functional groups attached to an aromatic ring is 1. The van der Waals surface area contributed by atoms with Gasteiger partial charge in [-0.2, -0.15) is 0 Å². The third kappa shape index (κ3) is 3.22. The van der Waals surface area contributed by atoms with Crippen molar-refractivity contribution in [3.8, 4) is 34.5 Å². The number of benzene rings is 1. The molecule has 3 atom stereocenters. The molecular weight excluding hydrogens is 480 g/mol. The summed E-state index contributed by atoms with van der Waals surface area (Å²) in [7, 11) is 1.77.